The zero-order valence-electron chi connectivity index (χ0n) is 21.7. The van der Waals surface area contributed by atoms with Crippen molar-refractivity contribution in [2.45, 2.75) is 45.3 Å². The Bertz CT molecular complexity index is 953. The molecule has 0 saturated heterocycles. The first-order valence-corrected chi connectivity index (χ1v) is 13.0. The molecular weight excluding hydrogens is 455 g/mol. The van der Waals surface area contributed by atoms with E-state index in [9.17, 15) is 0 Å². The predicted octanol–water partition coefficient (Wildman–Crippen LogP) is 6.23. The standard InChI is InChI=1S/C29H39N2O3P/c1-22(2)31(23(3)4)35-34-21-20-30-29(24-10-8-7-9-11-24,25-12-16-27(32-5)17-13-25)26-14-18-28(33-6)19-15-26/h7-19,22-23,30,35H,20-21H2,1-6H3. The maximum absolute atomic E-state index is 6.15. The van der Waals surface area contributed by atoms with Gasteiger partial charge in [-0.25, -0.2) is 0 Å². The van der Waals surface area contributed by atoms with Crippen molar-refractivity contribution < 1.29 is 14.0 Å². The Hall–Kier alpha value is -2.43. The fraction of sp³-hybridized carbons (Fsp3) is 0.379. The molecule has 0 heterocycles. The van der Waals surface area contributed by atoms with Crippen LogP contribution in [0.2, 0.25) is 0 Å². The topological polar surface area (TPSA) is 43.0 Å². The summed E-state index contributed by atoms with van der Waals surface area (Å²) in [5.74, 6) is 1.66. The van der Waals surface area contributed by atoms with Gasteiger partial charge in [-0.2, -0.15) is 0 Å². The molecule has 5 nitrogen and oxygen atoms in total. The Morgan fingerprint density at radius 1 is 0.714 bits per heavy atom. The highest BCUT2D eigenvalue weighted by atomic mass is 31.1. The molecule has 1 atom stereocenters. The Labute approximate surface area is 212 Å². The van der Waals surface area contributed by atoms with Gasteiger partial charge in [-0.1, -0.05) is 54.6 Å². The van der Waals surface area contributed by atoms with Crippen molar-refractivity contribution in [3.8, 4) is 11.5 Å². The first-order chi connectivity index (χ1) is 16.9. The van der Waals surface area contributed by atoms with Crippen molar-refractivity contribution in [3.05, 3.63) is 95.6 Å². The lowest BCUT2D eigenvalue weighted by Gasteiger charge is -2.37. The van der Waals surface area contributed by atoms with Crippen LogP contribution in [0.3, 0.4) is 0 Å². The summed E-state index contributed by atoms with van der Waals surface area (Å²) in [5, 5.41) is 3.87. The van der Waals surface area contributed by atoms with E-state index < -0.39 is 5.54 Å². The van der Waals surface area contributed by atoms with Gasteiger partial charge in [-0.05, 0) is 68.7 Å². The van der Waals surface area contributed by atoms with Gasteiger partial charge in [0.15, 0.2) is 0 Å². The third-order valence-electron chi connectivity index (χ3n) is 6.13. The predicted molar refractivity (Wildman–Crippen MR) is 147 cm³/mol. The molecule has 0 aliphatic carbocycles. The van der Waals surface area contributed by atoms with Crippen molar-refractivity contribution in [2.75, 3.05) is 27.4 Å². The van der Waals surface area contributed by atoms with Crippen molar-refractivity contribution in [3.63, 3.8) is 0 Å². The van der Waals surface area contributed by atoms with Crippen LogP contribution in [0.25, 0.3) is 0 Å². The van der Waals surface area contributed by atoms with Gasteiger partial charge in [-0.3, -0.25) is 9.99 Å². The lowest BCUT2D eigenvalue weighted by Crippen LogP contribution is -2.46. The summed E-state index contributed by atoms with van der Waals surface area (Å²) < 4.78 is 19.4. The maximum Gasteiger partial charge on any atom is 0.118 e. The van der Waals surface area contributed by atoms with Crippen LogP contribution in [0.1, 0.15) is 44.4 Å². The summed E-state index contributed by atoms with van der Waals surface area (Å²) in [7, 11) is 3.72. The third kappa shape index (κ3) is 6.62. The summed E-state index contributed by atoms with van der Waals surface area (Å²) in [5.41, 5.74) is 2.84. The fourth-order valence-electron chi connectivity index (χ4n) is 4.39. The van der Waals surface area contributed by atoms with Crippen molar-refractivity contribution in [2.24, 2.45) is 0 Å². The van der Waals surface area contributed by atoms with Crippen LogP contribution in [0.4, 0.5) is 0 Å². The zero-order chi connectivity index (χ0) is 25.3. The molecule has 0 bridgehead atoms. The molecule has 188 valence electrons. The van der Waals surface area contributed by atoms with Crippen LogP contribution >= 0.6 is 8.96 Å². The number of nitrogens with zero attached hydrogens (tertiary/aromatic N) is 1. The number of hydrogen-bond donors (Lipinski definition) is 1. The van der Waals surface area contributed by atoms with Gasteiger partial charge < -0.3 is 14.0 Å². The van der Waals surface area contributed by atoms with E-state index >= 15 is 0 Å². The molecule has 0 aromatic heterocycles. The van der Waals surface area contributed by atoms with Crippen LogP contribution < -0.4 is 14.8 Å². The summed E-state index contributed by atoms with van der Waals surface area (Å²) >= 11 is 0. The van der Waals surface area contributed by atoms with Crippen LogP contribution in [0.5, 0.6) is 11.5 Å². The number of benzene rings is 3. The highest BCUT2D eigenvalue weighted by molar-refractivity contribution is 7.29. The second-order valence-electron chi connectivity index (χ2n) is 9.03. The van der Waals surface area contributed by atoms with E-state index in [2.05, 4.69) is 86.2 Å². The van der Waals surface area contributed by atoms with E-state index in [-0.39, 0.29) is 0 Å². The van der Waals surface area contributed by atoms with E-state index in [1.807, 2.05) is 30.3 Å². The van der Waals surface area contributed by atoms with Gasteiger partial charge in [0.1, 0.15) is 11.5 Å². The molecule has 0 aliphatic heterocycles. The van der Waals surface area contributed by atoms with Crippen molar-refractivity contribution >= 4 is 8.96 Å². The Balaban J connectivity index is 1.95. The second kappa shape index (κ2) is 13.0. The molecule has 0 radical (unpaired) electrons. The SMILES string of the molecule is COc1ccc(C(NCCOPN(C(C)C)C(C)C)(c2ccccc2)c2ccc(OC)cc2)cc1. The van der Waals surface area contributed by atoms with Gasteiger partial charge in [0.2, 0.25) is 0 Å². The largest absolute Gasteiger partial charge is 0.497 e. The molecule has 3 aromatic carbocycles. The molecule has 0 amide bonds. The van der Waals surface area contributed by atoms with Crippen LogP contribution in [-0.4, -0.2) is 44.1 Å². The number of rotatable bonds is 13. The van der Waals surface area contributed by atoms with Gasteiger partial charge in [0, 0.05) is 18.6 Å². The molecular formula is C29H39N2O3P. The third-order valence-corrected chi connectivity index (χ3v) is 7.71. The lowest BCUT2D eigenvalue weighted by molar-refractivity contribution is 0.261. The molecule has 6 heteroatoms. The normalized spacial score (nSPS) is 12.3. The summed E-state index contributed by atoms with van der Waals surface area (Å²) in [6.45, 7) is 10.1. The number of hydrogen-bond acceptors (Lipinski definition) is 5. The monoisotopic (exact) mass is 494 g/mol. The van der Waals surface area contributed by atoms with Crippen molar-refractivity contribution in [1.82, 2.24) is 9.99 Å². The minimum atomic E-state index is -0.567. The average molecular weight is 495 g/mol. The minimum Gasteiger partial charge on any atom is -0.497 e. The zero-order valence-corrected chi connectivity index (χ0v) is 22.7. The Morgan fingerprint density at radius 3 is 1.60 bits per heavy atom. The van der Waals surface area contributed by atoms with E-state index in [0.29, 0.717) is 34.2 Å². The van der Waals surface area contributed by atoms with Crippen LogP contribution in [-0.2, 0) is 10.1 Å². The molecule has 35 heavy (non-hydrogen) atoms. The highest BCUT2D eigenvalue weighted by Gasteiger charge is 2.36. The fourth-order valence-corrected chi connectivity index (χ4v) is 5.16. The van der Waals surface area contributed by atoms with E-state index in [1.165, 1.54) is 0 Å². The van der Waals surface area contributed by atoms with Crippen molar-refractivity contribution in [1.29, 1.82) is 0 Å². The van der Waals surface area contributed by atoms with Crippen LogP contribution in [0.15, 0.2) is 78.9 Å². The average Bonchev–Trinajstić information content (AvgIpc) is 2.89. The smallest absolute Gasteiger partial charge is 0.118 e. The summed E-state index contributed by atoms with van der Waals surface area (Å²) in [6, 6.07) is 28.0. The first kappa shape index (κ1) is 27.2. The number of nitrogens with one attached hydrogen (secondary N) is 1. The first-order valence-electron chi connectivity index (χ1n) is 12.2. The van der Waals surface area contributed by atoms with E-state index in [0.717, 1.165) is 28.2 Å². The van der Waals surface area contributed by atoms with E-state index in [4.69, 9.17) is 14.0 Å². The summed E-state index contributed by atoms with van der Waals surface area (Å²) in [6.07, 6.45) is 0. The molecule has 1 N–H and O–H groups in total. The molecule has 0 aliphatic rings. The molecule has 3 rings (SSSR count). The molecule has 0 spiro atoms. The Kier molecular flexibility index (Phi) is 10.1. The van der Waals surface area contributed by atoms with Gasteiger partial charge in [-0.15, -0.1) is 0 Å². The molecule has 1 unspecified atom stereocenters. The highest BCUT2D eigenvalue weighted by Crippen LogP contribution is 2.38. The van der Waals surface area contributed by atoms with Gasteiger partial charge in [0.25, 0.3) is 0 Å². The van der Waals surface area contributed by atoms with Gasteiger partial charge in [0.05, 0.1) is 35.3 Å². The molecule has 3 aromatic rings. The van der Waals surface area contributed by atoms with Gasteiger partial charge >= 0.3 is 0 Å². The molecule has 0 saturated carbocycles. The summed E-state index contributed by atoms with van der Waals surface area (Å²) in [4.78, 5) is 0. The second-order valence-corrected chi connectivity index (χ2v) is 10.0. The number of ether oxygens (including phenoxy) is 2. The Morgan fingerprint density at radius 2 is 1.17 bits per heavy atom. The minimum absolute atomic E-state index is 0.333. The lowest BCUT2D eigenvalue weighted by atomic mass is 9.77. The quantitative estimate of drug-likeness (QED) is 0.173. The number of methoxy groups -OCH3 is 2. The van der Waals surface area contributed by atoms with E-state index in [1.54, 1.807) is 14.2 Å². The maximum atomic E-state index is 6.15. The van der Waals surface area contributed by atoms with Crippen LogP contribution in [0, 0.1) is 0 Å². The molecule has 0 fully saturated rings.